The molecule has 0 aliphatic heterocycles. The molecule has 3 atom stereocenters. The highest BCUT2D eigenvalue weighted by molar-refractivity contribution is 9.10. The summed E-state index contributed by atoms with van der Waals surface area (Å²) in [5.74, 6) is -0.351. The van der Waals surface area contributed by atoms with Gasteiger partial charge in [-0.15, -0.1) is 0 Å². The van der Waals surface area contributed by atoms with Gasteiger partial charge >= 0.3 is 5.97 Å². The molecule has 3 rings (SSSR count). The number of aliphatic carboxylic acids is 1. The number of rotatable bonds is 5. The van der Waals surface area contributed by atoms with E-state index in [9.17, 15) is 9.90 Å². The van der Waals surface area contributed by atoms with Crippen molar-refractivity contribution in [3.8, 4) is 0 Å². The Balaban J connectivity index is 2.00. The highest BCUT2D eigenvalue weighted by Gasteiger charge is 2.79. The Morgan fingerprint density at radius 2 is 1.95 bits per heavy atom. The summed E-state index contributed by atoms with van der Waals surface area (Å²) in [6.45, 7) is 2.19. The van der Waals surface area contributed by atoms with Crippen molar-refractivity contribution < 1.29 is 9.90 Å². The maximum Gasteiger partial charge on any atom is 0.310 e. The molecule has 3 heteroatoms. The van der Waals surface area contributed by atoms with E-state index in [1.54, 1.807) is 0 Å². The molecular weight excluding hydrogens is 328 g/mol. The van der Waals surface area contributed by atoms with Gasteiger partial charge in [0, 0.05) is 10.4 Å². The third kappa shape index (κ3) is 2.08. The average molecular weight is 351 g/mol. The van der Waals surface area contributed by atoms with Gasteiger partial charge in [0.25, 0.3) is 0 Å². The second-order valence-corrected chi connectivity index (χ2v) is 7.64. The monoisotopic (exact) mass is 350 g/mol. The molecule has 0 aromatic heterocycles. The van der Waals surface area contributed by atoms with E-state index in [1.807, 2.05) is 12.1 Å². The molecule has 0 heterocycles. The number of carboxylic acids is 1. The van der Waals surface area contributed by atoms with E-state index >= 15 is 0 Å². The van der Waals surface area contributed by atoms with Crippen LogP contribution in [0.4, 0.5) is 0 Å². The van der Waals surface area contributed by atoms with Gasteiger partial charge in [0.2, 0.25) is 0 Å². The van der Waals surface area contributed by atoms with Gasteiger partial charge in [-0.25, -0.2) is 0 Å². The van der Waals surface area contributed by atoms with Crippen molar-refractivity contribution in [2.45, 2.75) is 57.8 Å². The molecule has 21 heavy (non-hydrogen) atoms. The first kappa shape index (κ1) is 15.1. The molecule has 0 amide bonds. The first-order valence-electron chi connectivity index (χ1n) is 8.07. The normalized spacial score (nSPS) is 34.3. The summed E-state index contributed by atoms with van der Waals surface area (Å²) in [7, 11) is 0. The number of hydrogen-bond donors (Lipinski definition) is 1. The number of halogens is 1. The maximum atomic E-state index is 12.1. The summed E-state index contributed by atoms with van der Waals surface area (Å²) >= 11 is 3.47. The number of unbranched alkanes of at least 4 members (excludes halogenated alkanes) is 1. The number of carboxylic acid groups (broad SMARTS) is 1. The second-order valence-electron chi connectivity index (χ2n) is 6.73. The topological polar surface area (TPSA) is 37.3 Å². The fourth-order valence-electron chi connectivity index (χ4n) is 4.96. The van der Waals surface area contributed by atoms with Gasteiger partial charge in [-0.2, -0.15) is 0 Å². The standard InChI is InChI=1S/C18H23BrO2/c1-2-3-10-17-11-4-5-12-18(17,16(20)21)15(17)13-6-8-14(19)9-7-13/h6-9,15H,2-5,10-12H2,1H3,(H,20,21)/t15-,17-,18+/m1/s1. The SMILES string of the molecule is CCCC[C@]12CCCC[C@@]1(C(=O)O)[C@@H]2c1ccc(Br)cc1. The summed E-state index contributed by atoms with van der Waals surface area (Å²) in [5.41, 5.74) is 0.744. The summed E-state index contributed by atoms with van der Waals surface area (Å²) in [4.78, 5) is 12.1. The summed E-state index contributed by atoms with van der Waals surface area (Å²) < 4.78 is 1.06. The molecule has 0 saturated heterocycles. The van der Waals surface area contributed by atoms with E-state index in [2.05, 4.69) is 35.0 Å². The van der Waals surface area contributed by atoms with Crippen molar-refractivity contribution in [2.75, 3.05) is 0 Å². The molecule has 1 aromatic rings. The summed E-state index contributed by atoms with van der Waals surface area (Å²) in [5, 5.41) is 9.98. The van der Waals surface area contributed by atoms with Crippen LogP contribution in [0.25, 0.3) is 0 Å². The van der Waals surface area contributed by atoms with Gasteiger partial charge in [0.15, 0.2) is 0 Å². The molecule has 0 bridgehead atoms. The quantitative estimate of drug-likeness (QED) is 0.775. The van der Waals surface area contributed by atoms with Gasteiger partial charge in [0.05, 0.1) is 5.41 Å². The minimum atomic E-state index is -0.564. The van der Waals surface area contributed by atoms with Crippen LogP contribution in [-0.2, 0) is 4.79 Å². The number of carbonyl (C=O) groups is 1. The van der Waals surface area contributed by atoms with Crippen molar-refractivity contribution in [1.82, 2.24) is 0 Å². The first-order valence-corrected chi connectivity index (χ1v) is 8.86. The lowest BCUT2D eigenvalue weighted by molar-refractivity contribution is -0.146. The summed E-state index contributed by atoms with van der Waals surface area (Å²) in [6, 6.07) is 8.32. The number of fused-ring (bicyclic) bond motifs is 1. The van der Waals surface area contributed by atoms with Crippen LogP contribution in [0.5, 0.6) is 0 Å². The fourth-order valence-corrected chi connectivity index (χ4v) is 5.22. The van der Waals surface area contributed by atoms with Crippen LogP contribution >= 0.6 is 15.9 Å². The Labute approximate surface area is 135 Å². The van der Waals surface area contributed by atoms with Crippen molar-refractivity contribution in [3.05, 3.63) is 34.3 Å². The van der Waals surface area contributed by atoms with Gasteiger partial charge in [-0.3, -0.25) is 4.79 Å². The van der Waals surface area contributed by atoms with Gasteiger partial charge in [0.1, 0.15) is 0 Å². The lowest BCUT2D eigenvalue weighted by atomic mass is 9.77. The third-order valence-electron chi connectivity index (χ3n) is 5.86. The predicted octanol–water partition coefficient (Wildman–Crippen LogP) is 5.37. The molecule has 2 aliphatic rings. The van der Waals surface area contributed by atoms with Crippen LogP contribution in [0.1, 0.15) is 63.4 Å². The van der Waals surface area contributed by atoms with E-state index in [0.717, 1.165) is 43.0 Å². The maximum absolute atomic E-state index is 12.1. The van der Waals surface area contributed by atoms with Gasteiger partial charge in [-0.05, 0) is 42.4 Å². The van der Waals surface area contributed by atoms with Gasteiger partial charge in [-0.1, -0.05) is 60.7 Å². The number of benzene rings is 1. The fraction of sp³-hybridized carbons (Fsp3) is 0.611. The molecule has 2 fully saturated rings. The Kier molecular flexibility index (Phi) is 3.89. The average Bonchev–Trinajstić information content (AvgIpc) is 3.11. The molecule has 2 nitrogen and oxygen atoms in total. The summed E-state index contributed by atoms with van der Waals surface area (Å²) in [6.07, 6.45) is 7.54. The van der Waals surface area contributed by atoms with E-state index in [-0.39, 0.29) is 11.3 Å². The van der Waals surface area contributed by atoms with Crippen molar-refractivity contribution >= 4 is 21.9 Å². The Morgan fingerprint density at radius 1 is 1.29 bits per heavy atom. The first-order chi connectivity index (χ1) is 10.1. The van der Waals surface area contributed by atoms with Crippen LogP contribution in [0.15, 0.2) is 28.7 Å². The number of hydrogen-bond acceptors (Lipinski definition) is 1. The zero-order valence-corrected chi connectivity index (χ0v) is 14.2. The van der Waals surface area contributed by atoms with Crippen LogP contribution in [0.3, 0.4) is 0 Å². The van der Waals surface area contributed by atoms with Crippen LogP contribution < -0.4 is 0 Å². The van der Waals surface area contributed by atoms with Crippen LogP contribution in [0, 0.1) is 10.8 Å². The minimum absolute atomic E-state index is 0.0148. The highest BCUT2D eigenvalue weighted by atomic mass is 79.9. The van der Waals surface area contributed by atoms with Crippen LogP contribution in [-0.4, -0.2) is 11.1 Å². The molecule has 0 radical (unpaired) electrons. The molecule has 2 saturated carbocycles. The second kappa shape index (κ2) is 5.42. The third-order valence-corrected chi connectivity index (χ3v) is 6.38. The molecule has 1 aromatic carbocycles. The molecule has 0 unspecified atom stereocenters. The van der Waals surface area contributed by atoms with Crippen molar-refractivity contribution in [3.63, 3.8) is 0 Å². The minimum Gasteiger partial charge on any atom is -0.481 e. The van der Waals surface area contributed by atoms with E-state index in [1.165, 1.54) is 12.0 Å². The lowest BCUT2D eigenvalue weighted by Gasteiger charge is -2.27. The molecule has 2 aliphatic carbocycles. The van der Waals surface area contributed by atoms with Crippen molar-refractivity contribution in [2.24, 2.45) is 10.8 Å². The predicted molar refractivity (Wildman–Crippen MR) is 87.4 cm³/mol. The van der Waals surface area contributed by atoms with E-state index in [0.29, 0.717) is 0 Å². The molecule has 0 spiro atoms. The highest BCUT2D eigenvalue weighted by Crippen LogP contribution is 2.82. The van der Waals surface area contributed by atoms with E-state index < -0.39 is 11.4 Å². The zero-order valence-electron chi connectivity index (χ0n) is 12.6. The van der Waals surface area contributed by atoms with Crippen LogP contribution in [0.2, 0.25) is 0 Å². The Morgan fingerprint density at radius 3 is 2.57 bits per heavy atom. The zero-order chi connectivity index (χ0) is 15.1. The lowest BCUT2D eigenvalue weighted by Crippen LogP contribution is -2.27. The molecular formula is C18H23BrO2. The molecule has 114 valence electrons. The van der Waals surface area contributed by atoms with E-state index in [4.69, 9.17) is 0 Å². The Hall–Kier alpha value is -0.830. The smallest absolute Gasteiger partial charge is 0.310 e. The Bertz CT molecular complexity index is 539. The largest absolute Gasteiger partial charge is 0.481 e. The van der Waals surface area contributed by atoms with Crippen molar-refractivity contribution in [1.29, 1.82) is 0 Å². The van der Waals surface area contributed by atoms with Gasteiger partial charge < -0.3 is 5.11 Å². The molecule has 1 N–H and O–H groups in total.